The predicted molar refractivity (Wildman–Crippen MR) is 67.3 cm³/mol. The Kier molecular flexibility index (Phi) is 2.35. The highest BCUT2D eigenvalue weighted by Gasteiger charge is 2.56. The minimum absolute atomic E-state index is 0.0222. The Balaban J connectivity index is 1.81. The number of nitrogens with two attached hydrogens (primary N) is 1. The summed E-state index contributed by atoms with van der Waals surface area (Å²) in [6.07, 6.45) is 7.05. The maximum Gasteiger partial charge on any atom is 0.222 e. The number of carbonyl (C=O) groups is 1. The van der Waals surface area contributed by atoms with E-state index in [0.29, 0.717) is 0 Å². The number of carbonyl (C=O) groups excluding carboxylic acids is 1. The molecule has 3 N–H and O–H groups in total. The van der Waals surface area contributed by atoms with Crippen molar-refractivity contribution in [3.05, 3.63) is 0 Å². The zero-order valence-electron chi connectivity index (χ0n) is 11.0. The van der Waals surface area contributed by atoms with E-state index < -0.39 is 0 Å². The first kappa shape index (κ1) is 11.5. The fourth-order valence-electron chi connectivity index (χ4n) is 4.89. The summed E-state index contributed by atoms with van der Waals surface area (Å²) in [5, 5.41) is 3.33. The van der Waals surface area contributed by atoms with Crippen LogP contribution in [0.25, 0.3) is 0 Å². The zero-order valence-corrected chi connectivity index (χ0v) is 11.0. The molecule has 0 aromatic rings. The molecule has 4 rings (SSSR count). The Morgan fingerprint density at radius 1 is 1.24 bits per heavy atom. The monoisotopic (exact) mass is 236 g/mol. The summed E-state index contributed by atoms with van der Waals surface area (Å²) >= 11 is 0. The minimum Gasteiger partial charge on any atom is -0.350 e. The van der Waals surface area contributed by atoms with Crippen molar-refractivity contribution in [2.24, 2.45) is 23.5 Å². The first-order chi connectivity index (χ1) is 7.90. The first-order valence-corrected chi connectivity index (χ1v) is 7.01. The molecule has 1 amide bonds. The van der Waals surface area contributed by atoms with Gasteiger partial charge in [0.1, 0.15) is 0 Å². The molecule has 4 aliphatic carbocycles. The van der Waals surface area contributed by atoms with E-state index in [0.717, 1.165) is 18.3 Å². The molecule has 96 valence electrons. The van der Waals surface area contributed by atoms with Crippen LogP contribution in [0.5, 0.6) is 0 Å². The normalized spacial score (nSPS) is 47.5. The second-order valence-corrected chi connectivity index (χ2v) is 7.25. The minimum atomic E-state index is 0.0222. The molecule has 17 heavy (non-hydrogen) atoms. The summed E-state index contributed by atoms with van der Waals surface area (Å²) in [6, 6.07) is 0. The molecule has 4 saturated carbocycles. The molecule has 4 fully saturated rings. The van der Waals surface area contributed by atoms with Gasteiger partial charge in [0.25, 0.3) is 0 Å². The van der Waals surface area contributed by atoms with Gasteiger partial charge in [-0.2, -0.15) is 0 Å². The Morgan fingerprint density at radius 2 is 1.82 bits per heavy atom. The Morgan fingerprint density at radius 3 is 2.29 bits per heavy atom. The standard InChI is InChI=1S/C14H24N2O/c1-9(2)12(17)16-14-6-10-3-11(7-14)5-13(15,4-10)8-14/h9-11H,3-8,15H2,1-2H3,(H,16,17). The van der Waals surface area contributed by atoms with Crippen LogP contribution in [0.15, 0.2) is 0 Å². The fraction of sp³-hybridized carbons (Fsp3) is 0.929. The quantitative estimate of drug-likeness (QED) is 0.768. The lowest BCUT2D eigenvalue weighted by Gasteiger charge is -2.61. The van der Waals surface area contributed by atoms with Crippen LogP contribution in [0.1, 0.15) is 52.4 Å². The van der Waals surface area contributed by atoms with Crippen molar-refractivity contribution in [1.29, 1.82) is 0 Å². The second kappa shape index (κ2) is 3.47. The summed E-state index contributed by atoms with van der Waals surface area (Å²) in [6.45, 7) is 3.93. The zero-order chi connectivity index (χ0) is 12.3. The van der Waals surface area contributed by atoms with Crippen molar-refractivity contribution in [1.82, 2.24) is 5.32 Å². The molecular weight excluding hydrogens is 212 g/mol. The average molecular weight is 236 g/mol. The van der Waals surface area contributed by atoms with Crippen molar-refractivity contribution >= 4 is 5.91 Å². The van der Waals surface area contributed by atoms with Crippen LogP contribution in [0, 0.1) is 17.8 Å². The van der Waals surface area contributed by atoms with Gasteiger partial charge in [0, 0.05) is 17.0 Å². The third-order valence-electron chi connectivity index (χ3n) is 5.02. The van der Waals surface area contributed by atoms with Crippen LogP contribution in [0.4, 0.5) is 0 Å². The molecular formula is C14H24N2O. The number of amides is 1. The lowest BCUT2D eigenvalue weighted by molar-refractivity contribution is -0.130. The summed E-state index contributed by atoms with van der Waals surface area (Å²) in [4.78, 5) is 12.0. The number of hydrogen-bond acceptors (Lipinski definition) is 2. The van der Waals surface area contributed by atoms with E-state index in [2.05, 4.69) is 5.32 Å². The average Bonchev–Trinajstić information content (AvgIpc) is 2.11. The van der Waals surface area contributed by atoms with Gasteiger partial charge in [0.15, 0.2) is 0 Å². The Bertz CT molecular complexity index is 336. The highest BCUT2D eigenvalue weighted by atomic mass is 16.2. The summed E-state index contributed by atoms with van der Waals surface area (Å²) in [5.74, 6) is 1.80. The number of nitrogens with one attached hydrogen (secondary N) is 1. The molecule has 3 nitrogen and oxygen atoms in total. The molecule has 0 saturated heterocycles. The van der Waals surface area contributed by atoms with Gasteiger partial charge in [-0.15, -0.1) is 0 Å². The van der Waals surface area contributed by atoms with Gasteiger partial charge in [-0.05, 0) is 50.4 Å². The van der Waals surface area contributed by atoms with Crippen LogP contribution in [-0.4, -0.2) is 17.0 Å². The maximum absolute atomic E-state index is 12.0. The SMILES string of the molecule is CC(C)C(=O)NC12CC3CC(CC(N)(C3)C1)C2. The van der Waals surface area contributed by atoms with Crippen molar-refractivity contribution < 1.29 is 4.79 Å². The van der Waals surface area contributed by atoms with Gasteiger partial charge < -0.3 is 11.1 Å². The Labute approximate surface area is 104 Å². The van der Waals surface area contributed by atoms with E-state index >= 15 is 0 Å². The van der Waals surface area contributed by atoms with Crippen LogP contribution in [0.3, 0.4) is 0 Å². The van der Waals surface area contributed by atoms with Gasteiger partial charge >= 0.3 is 0 Å². The summed E-state index contributed by atoms with van der Waals surface area (Å²) < 4.78 is 0. The number of hydrogen-bond donors (Lipinski definition) is 2. The van der Waals surface area contributed by atoms with Crippen LogP contribution >= 0.6 is 0 Å². The fourth-order valence-corrected chi connectivity index (χ4v) is 4.89. The molecule has 0 aliphatic heterocycles. The summed E-state index contributed by atoms with van der Waals surface area (Å²) in [7, 11) is 0. The van der Waals surface area contributed by atoms with E-state index in [1.54, 1.807) is 0 Å². The molecule has 4 aliphatic rings. The molecule has 0 radical (unpaired) electrons. The van der Waals surface area contributed by atoms with Gasteiger partial charge in [0.05, 0.1) is 0 Å². The molecule has 2 unspecified atom stereocenters. The van der Waals surface area contributed by atoms with Crippen LogP contribution < -0.4 is 11.1 Å². The van der Waals surface area contributed by atoms with Crippen LogP contribution in [-0.2, 0) is 4.79 Å². The molecule has 4 bridgehead atoms. The lowest BCUT2D eigenvalue weighted by Crippen LogP contribution is -2.68. The molecule has 3 heteroatoms. The number of rotatable bonds is 2. The molecule has 0 heterocycles. The van der Waals surface area contributed by atoms with Crippen molar-refractivity contribution in [2.45, 2.75) is 63.5 Å². The predicted octanol–water partition coefficient (Wildman–Crippen LogP) is 1.81. The summed E-state index contributed by atoms with van der Waals surface area (Å²) in [5.41, 5.74) is 6.57. The molecule has 0 aromatic heterocycles. The van der Waals surface area contributed by atoms with E-state index in [4.69, 9.17) is 5.73 Å². The Hall–Kier alpha value is -0.570. The van der Waals surface area contributed by atoms with E-state index in [9.17, 15) is 4.79 Å². The van der Waals surface area contributed by atoms with E-state index in [-0.39, 0.29) is 22.9 Å². The second-order valence-electron chi connectivity index (χ2n) is 7.25. The van der Waals surface area contributed by atoms with Gasteiger partial charge in [0.2, 0.25) is 5.91 Å². The maximum atomic E-state index is 12.0. The van der Waals surface area contributed by atoms with Gasteiger partial charge in [-0.25, -0.2) is 0 Å². The van der Waals surface area contributed by atoms with Crippen molar-refractivity contribution in [3.63, 3.8) is 0 Å². The van der Waals surface area contributed by atoms with Crippen molar-refractivity contribution in [3.8, 4) is 0 Å². The van der Waals surface area contributed by atoms with E-state index in [1.165, 1.54) is 32.1 Å². The molecule has 0 aromatic carbocycles. The van der Waals surface area contributed by atoms with Crippen molar-refractivity contribution in [2.75, 3.05) is 0 Å². The van der Waals surface area contributed by atoms with Crippen LogP contribution in [0.2, 0.25) is 0 Å². The van der Waals surface area contributed by atoms with Gasteiger partial charge in [-0.1, -0.05) is 13.8 Å². The smallest absolute Gasteiger partial charge is 0.222 e. The highest BCUT2D eigenvalue weighted by molar-refractivity contribution is 5.78. The van der Waals surface area contributed by atoms with Gasteiger partial charge in [-0.3, -0.25) is 4.79 Å². The third-order valence-corrected chi connectivity index (χ3v) is 5.02. The van der Waals surface area contributed by atoms with E-state index in [1.807, 2.05) is 13.8 Å². The largest absolute Gasteiger partial charge is 0.350 e. The first-order valence-electron chi connectivity index (χ1n) is 7.01. The lowest BCUT2D eigenvalue weighted by atomic mass is 9.50. The molecule has 2 atom stereocenters. The molecule has 0 spiro atoms. The highest BCUT2D eigenvalue weighted by Crippen LogP contribution is 2.56. The third kappa shape index (κ3) is 1.88. The topological polar surface area (TPSA) is 55.1 Å².